The zero-order valence-electron chi connectivity index (χ0n) is 11.1. The topological polar surface area (TPSA) is 68.1 Å². The van der Waals surface area contributed by atoms with E-state index in [-0.39, 0.29) is 11.5 Å². The van der Waals surface area contributed by atoms with E-state index in [9.17, 15) is 8.42 Å². The minimum Gasteiger partial charge on any atom is -0.355 e. The van der Waals surface area contributed by atoms with Crippen LogP contribution in [0.2, 0.25) is 5.02 Å². The van der Waals surface area contributed by atoms with Crippen LogP contribution in [0.1, 0.15) is 6.42 Å². The predicted molar refractivity (Wildman–Crippen MR) is 79.0 cm³/mol. The molecule has 20 heavy (non-hydrogen) atoms. The standard InChI is InChI=1S/C12H15ClN4O2S/c1-16-12-9(8-14-16)10(13)7-11(15-12)17-3-2-5-20(18,19)6-4-17/h7-8H,2-6H2,1H3. The van der Waals surface area contributed by atoms with Crippen molar-refractivity contribution in [1.82, 2.24) is 14.8 Å². The molecule has 3 heterocycles. The summed E-state index contributed by atoms with van der Waals surface area (Å²) < 4.78 is 25.0. The number of hydrogen-bond donors (Lipinski definition) is 0. The van der Waals surface area contributed by atoms with Gasteiger partial charge in [0.25, 0.3) is 0 Å². The minimum atomic E-state index is -2.93. The fourth-order valence-corrected chi connectivity index (χ4v) is 3.90. The normalized spacial score (nSPS) is 19.2. The van der Waals surface area contributed by atoms with Crippen molar-refractivity contribution in [3.8, 4) is 0 Å². The Bertz CT molecular complexity index is 756. The summed E-state index contributed by atoms with van der Waals surface area (Å²) in [6.45, 7) is 1.13. The molecule has 2 aromatic rings. The van der Waals surface area contributed by atoms with Crippen molar-refractivity contribution in [3.63, 3.8) is 0 Å². The van der Waals surface area contributed by atoms with Crippen molar-refractivity contribution in [2.24, 2.45) is 7.05 Å². The quantitative estimate of drug-likeness (QED) is 0.792. The van der Waals surface area contributed by atoms with E-state index in [2.05, 4.69) is 10.1 Å². The maximum absolute atomic E-state index is 11.7. The fourth-order valence-electron chi connectivity index (χ4n) is 2.39. The van der Waals surface area contributed by atoms with Crippen molar-refractivity contribution in [2.45, 2.75) is 6.42 Å². The van der Waals surface area contributed by atoms with Gasteiger partial charge in [-0.05, 0) is 6.42 Å². The number of nitrogens with zero attached hydrogens (tertiary/aromatic N) is 4. The monoisotopic (exact) mass is 314 g/mol. The first-order valence-electron chi connectivity index (χ1n) is 6.40. The summed E-state index contributed by atoms with van der Waals surface area (Å²) in [6.07, 6.45) is 2.30. The van der Waals surface area contributed by atoms with E-state index in [4.69, 9.17) is 11.6 Å². The molecule has 0 N–H and O–H groups in total. The first-order chi connectivity index (χ1) is 9.46. The van der Waals surface area contributed by atoms with E-state index in [1.165, 1.54) is 0 Å². The van der Waals surface area contributed by atoms with Crippen LogP contribution in [0.15, 0.2) is 12.3 Å². The van der Waals surface area contributed by atoms with Crippen LogP contribution in [0.5, 0.6) is 0 Å². The van der Waals surface area contributed by atoms with Gasteiger partial charge in [0.1, 0.15) is 5.82 Å². The number of sulfone groups is 1. The summed E-state index contributed by atoms with van der Waals surface area (Å²) in [7, 11) is -1.12. The highest BCUT2D eigenvalue weighted by molar-refractivity contribution is 7.91. The Morgan fingerprint density at radius 3 is 2.90 bits per heavy atom. The third kappa shape index (κ3) is 2.47. The summed E-state index contributed by atoms with van der Waals surface area (Å²) in [6, 6.07) is 1.78. The van der Waals surface area contributed by atoms with Crippen LogP contribution in [0.4, 0.5) is 5.82 Å². The van der Waals surface area contributed by atoms with Gasteiger partial charge in [-0.25, -0.2) is 13.4 Å². The molecule has 1 fully saturated rings. The molecule has 1 aliphatic rings. The summed E-state index contributed by atoms with van der Waals surface area (Å²) in [5.74, 6) is 1.11. The largest absolute Gasteiger partial charge is 0.355 e. The fraction of sp³-hybridized carbons (Fsp3) is 0.500. The van der Waals surface area contributed by atoms with Crippen molar-refractivity contribution in [3.05, 3.63) is 17.3 Å². The predicted octanol–water partition coefficient (Wildman–Crippen LogP) is 1.25. The summed E-state index contributed by atoms with van der Waals surface area (Å²) in [5.41, 5.74) is 0.708. The number of hydrogen-bond acceptors (Lipinski definition) is 5. The highest BCUT2D eigenvalue weighted by Crippen LogP contribution is 2.27. The lowest BCUT2D eigenvalue weighted by Gasteiger charge is -2.21. The van der Waals surface area contributed by atoms with Gasteiger partial charge in [0.15, 0.2) is 15.5 Å². The molecule has 0 aromatic carbocycles. The average Bonchev–Trinajstić information content (AvgIpc) is 2.65. The zero-order chi connectivity index (χ0) is 14.3. The lowest BCUT2D eigenvalue weighted by atomic mass is 10.3. The maximum Gasteiger partial charge on any atom is 0.161 e. The third-order valence-corrected chi connectivity index (χ3v) is 5.55. The number of fused-ring (bicyclic) bond motifs is 1. The van der Waals surface area contributed by atoms with Gasteiger partial charge >= 0.3 is 0 Å². The Labute approximate surface area is 122 Å². The number of aryl methyl sites for hydroxylation is 1. The van der Waals surface area contributed by atoms with Gasteiger partial charge in [-0.1, -0.05) is 11.6 Å². The van der Waals surface area contributed by atoms with Gasteiger partial charge in [-0.3, -0.25) is 4.68 Å². The smallest absolute Gasteiger partial charge is 0.161 e. The summed E-state index contributed by atoms with van der Waals surface area (Å²) in [5, 5.41) is 5.53. The molecule has 0 radical (unpaired) electrons. The Morgan fingerprint density at radius 2 is 2.10 bits per heavy atom. The zero-order valence-corrected chi connectivity index (χ0v) is 12.7. The lowest BCUT2D eigenvalue weighted by molar-refractivity contribution is 0.597. The third-order valence-electron chi connectivity index (χ3n) is 3.52. The van der Waals surface area contributed by atoms with E-state index < -0.39 is 9.84 Å². The second-order valence-electron chi connectivity index (χ2n) is 4.96. The molecular weight excluding hydrogens is 300 g/mol. The molecule has 1 aliphatic heterocycles. The molecule has 3 rings (SSSR count). The Balaban J connectivity index is 1.99. The van der Waals surface area contributed by atoms with E-state index in [0.717, 1.165) is 5.39 Å². The average molecular weight is 315 g/mol. The van der Waals surface area contributed by atoms with Crippen LogP contribution >= 0.6 is 11.6 Å². The lowest BCUT2D eigenvalue weighted by Crippen LogP contribution is -2.27. The number of anilines is 1. The molecule has 108 valence electrons. The Kier molecular flexibility index (Phi) is 3.33. The maximum atomic E-state index is 11.7. The second kappa shape index (κ2) is 4.89. The van der Waals surface area contributed by atoms with E-state index in [1.54, 1.807) is 16.9 Å². The number of pyridine rings is 1. The van der Waals surface area contributed by atoms with Gasteiger partial charge in [-0.2, -0.15) is 5.10 Å². The van der Waals surface area contributed by atoms with E-state index in [0.29, 0.717) is 36.0 Å². The molecule has 0 aliphatic carbocycles. The molecule has 0 unspecified atom stereocenters. The van der Waals surface area contributed by atoms with Crippen molar-refractivity contribution in [1.29, 1.82) is 0 Å². The minimum absolute atomic E-state index is 0.162. The first kappa shape index (κ1) is 13.6. The van der Waals surface area contributed by atoms with Crippen LogP contribution in [-0.4, -0.2) is 47.8 Å². The molecule has 0 atom stereocenters. The van der Waals surface area contributed by atoms with Crippen molar-refractivity contribution < 1.29 is 8.42 Å². The summed E-state index contributed by atoms with van der Waals surface area (Å²) >= 11 is 6.25. The molecule has 0 amide bonds. The highest BCUT2D eigenvalue weighted by atomic mass is 35.5. The van der Waals surface area contributed by atoms with Crippen molar-refractivity contribution >= 4 is 38.3 Å². The van der Waals surface area contributed by atoms with Crippen LogP contribution < -0.4 is 4.90 Å². The molecule has 8 heteroatoms. The first-order valence-corrected chi connectivity index (χ1v) is 8.60. The molecule has 0 saturated carbocycles. The van der Waals surface area contributed by atoms with Crippen molar-refractivity contribution in [2.75, 3.05) is 29.5 Å². The van der Waals surface area contributed by atoms with Crippen LogP contribution in [-0.2, 0) is 16.9 Å². The van der Waals surface area contributed by atoms with Crippen LogP contribution in [0, 0.1) is 0 Å². The van der Waals surface area contributed by atoms with Crippen LogP contribution in [0.25, 0.3) is 11.0 Å². The number of halogens is 1. The van der Waals surface area contributed by atoms with Gasteiger partial charge in [0.05, 0.1) is 28.1 Å². The van der Waals surface area contributed by atoms with Gasteiger partial charge in [-0.15, -0.1) is 0 Å². The number of aromatic nitrogens is 3. The molecule has 1 saturated heterocycles. The summed E-state index contributed by atoms with van der Waals surface area (Å²) in [4.78, 5) is 6.53. The molecule has 6 nitrogen and oxygen atoms in total. The molecule has 0 bridgehead atoms. The SMILES string of the molecule is Cn1ncc2c(Cl)cc(N3CCCS(=O)(=O)CC3)nc21. The number of rotatable bonds is 1. The van der Waals surface area contributed by atoms with Gasteiger partial charge in [0.2, 0.25) is 0 Å². The van der Waals surface area contributed by atoms with Gasteiger partial charge < -0.3 is 4.90 Å². The van der Waals surface area contributed by atoms with Gasteiger partial charge in [0, 0.05) is 26.2 Å². The van der Waals surface area contributed by atoms with E-state index in [1.807, 2.05) is 11.9 Å². The molecule has 2 aromatic heterocycles. The van der Waals surface area contributed by atoms with E-state index >= 15 is 0 Å². The van der Waals surface area contributed by atoms with Crippen LogP contribution in [0.3, 0.4) is 0 Å². The highest BCUT2D eigenvalue weighted by Gasteiger charge is 2.21. The second-order valence-corrected chi connectivity index (χ2v) is 7.67. The molecule has 0 spiro atoms. The molecular formula is C12H15ClN4O2S. The Hall–Kier alpha value is -1.34. The Morgan fingerprint density at radius 1 is 1.30 bits per heavy atom.